The Hall–Kier alpha value is -1.54. The Labute approximate surface area is 188 Å². The van der Waals surface area contributed by atoms with Crippen molar-refractivity contribution in [3.05, 3.63) is 27.7 Å². The molecule has 2 N–H and O–H groups in total. The van der Waals surface area contributed by atoms with Crippen molar-refractivity contribution in [3.8, 4) is 5.75 Å². The molecule has 0 amide bonds. The first-order chi connectivity index (χ1) is 14.2. The molecular formula is C21H32Cl2N2O5. The number of carboxylic acid groups (broad SMARTS) is 2. The van der Waals surface area contributed by atoms with Crippen molar-refractivity contribution in [1.29, 1.82) is 0 Å². The summed E-state index contributed by atoms with van der Waals surface area (Å²) in [5.41, 5.74) is 1.07. The van der Waals surface area contributed by atoms with E-state index in [1.165, 1.54) is 25.7 Å². The lowest BCUT2D eigenvalue weighted by atomic mass is 10.0. The van der Waals surface area contributed by atoms with Gasteiger partial charge in [0.05, 0.1) is 12.1 Å². The van der Waals surface area contributed by atoms with Crippen molar-refractivity contribution in [1.82, 2.24) is 9.80 Å². The Morgan fingerprint density at radius 3 is 1.90 bits per heavy atom. The van der Waals surface area contributed by atoms with Gasteiger partial charge in [-0.3, -0.25) is 14.5 Å². The lowest BCUT2D eigenvalue weighted by Crippen LogP contribution is -2.31. The molecule has 0 radical (unpaired) electrons. The van der Waals surface area contributed by atoms with Crippen LogP contribution in [0.25, 0.3) is 0 Å². The van der Waals surface area contributed by atoms with Crippen molar-refractivity contribution in [2.45, 2.75) is 44.3 Å². The van der Waals surface area contributed by atoms with Crippen LogP contribution in [0.2, 0.25) is 10.0 Å². The Morgan fingerprint density at radius 1 is 1.00 bits per heavy atom. The predicted molar refractivity (Wildman–Crippen MR) is 119 cm³/mol. The van der Waals surface area contributed by atoms with Crippen LogP contribution in [0.15, 0.2) is 12.1 Å². The number of carbonyl (C=O) groups is 2. The van der Waals surface area contributed by atoms with E-state index in [0.29, 0.717) is 16.1 Å². The van der Waals surface area contributed by atoms with Gasteiger partial charge in [0.25, 0.3) is 12.9 Å². The minimum atomic E-state index is -0.250. The zero-order valence-electron chi connectivity index (χ0n) is 17.9. The number of benzene rings is 1. The zero-order chi connectivity index (χ0) is 22.8. The number of ether oxygens (including phenoxy) is 1. The number of methoxy groups -OCH3 is 1. The van der Waals surface area contributed by atoms with Crippen LogP contribution in [0.5, 0.6) is 5.75 Å². The number of halogens is 2. The molecule has 2 unspecified atom stereocenters. The van der Waals surface area contributed by atoms with Crippen LogP contribution in [0.3, 0.4) is 0 Å². The first-order valence-electron chi connectivity index (χ1n) is 9.76. The molecular weight excluding hydrogens is 431 g/mol. The molecule has 9 heteroatoms. The van der Waals surface area contributed by atoms with Gasteiger partial charge in [0.2, 0.25) is 0 Å². The van der Waals surface area contributed by atoms with Gasteiger partial charge in [-0.2, -0.15) is 0 Å². The summed E-state index contributed by atoms with van der Waals surface area (Å²) in [7, 11) is 8.30. The van der Waals surface area contributed by atoms with Crippen LogP contribution < -0.4 is 4.74 Å². The van der Waals surface area contributed by atoms with Gasteiger partial charge >= 0.3 is 0 Å². The highest BCUT2D eigenvalue weighted by molar-refractivity contribution is 6.35. The summed E-state index contributed by atoms with van der Waals surface area (Å²) in [4.78, 5) is 21.6. The largest absolute Gasteiger partial charge is 0.495 e. The second kappa shape index (κ2) is 13.0. The van der Waals surface area contributed by atoms with Crippen molar-refractivity contribution in [3.63, 3.8) is 0 Å². The molecule has 0 aliphatic heterocycles. The smallest absolute Gasteiger partial charge is 0.290 e. The van der Waals surface area contributed by atoms with Gasteiger partial charge in [0.1, 0.15) is 5.75 Å². The normalized spacial score (nSPS) is 24.4. The Balaban J connectivity index is 0.000000672. The van der Waals surface area contributed by atoms with Crippen LogP contribution >= 0.6 is 23.2 Å². The minimum absolute atomic E-state index is 0.250. The van der Waals surface area contributed by atoms with Crippen LogP contribution in [0.1, 0.15) is 31.2 Å². The van der Waals surface area contributed by atoms with Crippen LogP contribution in [0, 0.1) is 11.8 Å². The molecule has 0 spiro atoms. The van der Waals surface area contributed by atoms with Gasteiger partial charge in [-0.25, -0.2) is 0 Å². The molecule has 0 aromatic heterocycles. The van der Waals surface area contributed by atoms with E-state index in [2.05, 4.69) is 30.9 Å². The lowest BCUT2D eigenvalue weighted by Gasteiger charge is -2.27. The summed E-state index contributed by atoms with van der Waals surface area (Å²) >= 11 is 12.5. The quantitative estimate of drug-likeness (QED) is 0.639. The minimum Gasteiger partial charge on any atom is -0.495 e. The zero-order valence-corrected chi connectivity index (χ0v) is 19.4. The van der Waals surface area contributed by atoms with Crippen LogP contribution in [0.4, 0.5) is 0 Å². The van der Waals surface area contributed by atoms with E-state index >= 15 is 0 Å². The maximum absolute atomic E-state index is 8.36. The lowest BCUT2D eigenvalue weighted by molar-refractivity contribution is -0.123. The second-order valence-electron chi connectivity index (χ2n) is 7.94. The number of nitrogens with zero attached hydrogens (tertiary/aromatic N) is 2. The van der Waals surface area contributed by atoms with E-state index in [1.54, 1.807) is 13.2 Å². The van der Waals surface area contributed by atoms with E-state index in [-0.39, 0.29) is 12.9 Å². The molecule has 2 aliphatic rings. The molecule has 2 aliphatic carbocycles. The summed E-state index contributed by atoms with van der Waals surface area (Å²) < 4.78 is 5.49. The first-order valence-corrected chi connectivity index (χ1v) is 10.5. The van der Waals surface area contributed by atoms with E-state index in [9.17, 15) is 0 Å². The third kappa shape index (κ3) is 7.30. The fourth-order valence-corrected chi connectivity index (χ4v) is 5.30. The molecule has 7 nitrogen and oxygen atoms in total. The molecule has 4 atom stereocenters. The van der Waals surface area contributed by atoms with E-state index < -0.39 is 0 Å². The molecule has 170 valence electrons. The first kappa shape index (κ1) is 26.5. The summed E-state index contributed by atoms with van der Waals surface area (Å²) in [6.45, 7) is 0.324. The van der Waals surface area contributed by atoms with Gasteiger partial charge in [-0.05, 0) is 70.8 Å². The number of fused-ring (bicyclic) bond motifs is 1. The van der Waals surface area contributed by atoms with E-state index in [1.807, 2.05) is 6.07 Å². The van der Waals surface area contributed by atoms with Gasteiger partial charge in [0.15, 0.2) is 0 Å². The van der Waals surface area contributed by atoms with Crippen molar-refractivity contribution >= 4 is 36.1 Å². The molecule has 30 heavy (non-hydrogen) atoms. The maximum atomic E-state index is 8.36. The highest BCUT2D eigenvalue weighted by Gasteiger charge is 2.43. The van der Waals surface area contributed by atoms with Gasteiger partial charge < -0.3 is 19.8 Å². The topological polar surface area (TPSA) is 90.3 Å². The highest BCUT2D eigenvalue weighted by Crippen LogP contribution is 2.47. The molecule has 0 saturated heterocycles. The molecule has 0 bridgehead atoms. The average Bonchev–Trinajstić information content (AvgIpc) is 3.22. The Morgan fingerprint density at radius 2 is 1.47 bits per heavy atom. The van der Waals surface area contributed by atoms with Crippen LogP contribution in [-0.4, -0.2) is 73.3 Å². The highest BCUT2D eigenvalue weighted by atomic mass is 35.5. The summed E-state index contributed by atoms with van der Waals surface area (Å²) in [5.74, 6) is 2.52. The number of hydrogen-bond acceptors (Lipinski definition) is 5. The Kier molecular flexibility index (Phi) is 11.5. The van der Waals surface area contributed by atoms with Gasteiger partial charge in [-0.1, -0.05) is 23.2 Å². The predicted octanol–water partition coefficient (Wildman–Crippen LogP) is 3.95. The number of hydrogen-bond donors (Lipinski definition) is 2. The molecule has 2 saturated carbocycles. The molecule has 3 rings (SSSR count). The molecule has 0 heterocycles. The fourth-order valence-electron chi connectivity index (χ4n) is 4.69. The van der Waals surface area contributed by atoms with Crippen molar-refractivity contribution in [2.24, 2.45) is 11.8 Å². The number of rotatable bonds is 5. The molecule has 1 aromatic rings. The SMILES string of the molecule is COc1c(Cl)cc(Cl)cc1CN(C)C1C[C@H]2CC(N(C)C)C[C@H]2C1.O=CO.O=CO. The third-order valence-electron chi connectivity index (χ3n) is 6.03. The standard InChI is InChI=1S/C19H28Cl2N2O.2CH2O2/c1-22(2)16-6-12-8-17(9-13(12)7-16)23(3)11-14-5-15(20)10-18(21)19(14)24-4;2*2-1-3/h5,10,12-13,16-17H,6-9,11H2,1-4H3;2*1H,(H,2,3)/t12-,13+,16?,17?;;. The summed E-state index contributed by atoms with van der Waals surface area (Å²) in [6.07, 6.45) is 5.33. The third-order valence-corrected chi connectivity index (χ3v) is 6.53. The fraction of sp³-hybridized carbons (Fsp3) is 0.619. The maximum Gasteiger partial charge on any atom is 0.290 e. The average molecular weight is 463 g/mol. The van der Waals surface area contributed by atoms with Crippen molar-refractivity contribution < 1.29 is 24.5 Å². The van der Waals surface area contributed by atoms with Gasteiger partial charge in [0, 0.05) is 29.2 Å². The van der Waals surface area contributed by atoms with E-state index in [4.69, 9.17) is 47.7 Å². The molecule has 2 fully saturated rings. The van der Waals surface area contributed by atoms with Gasteiger partial charge in [-0.15, -0.1) is 0 Å². The monoisotopic (exact) mass is 462 g/mol. The molecule has 1 aromatic carbocycles. The second-order valence-corrected chi connectivity index (χ2v) is 8.78. The van der Waals surface area contributed by atoms with Crippen molar-refractivity contribution in [2.75, 3.05) is 28.3 Å². The Bertz CT molecular complexity index is 670. The summed E-state index contributed by atoms with van der Waals surface area (Å²) in [5, 5.41) is 15.0. The van der Waals surface area contributed by atoms with Crippen LogP contribution in [-0.2, 0) is 16.1 Å². The summed E-state index contributed by atoms with van der Waals surface area (Å²) in [6, 6.07) is 5.14. The van der Waals surface area contributed by atoms with E-state index in [0.717, 1.165) is 35.7 Å².